The number of nitrogens with zero attached hydrogens (tertiary/aromatic N) is 4. The second-order valence-corrected chi connectivity index (χ2v) is 13.7. The fraction of sp³-hybridized carbons (Fsp3) is 0. The third-order valence-electron chi connectivity index (χ3n) is 9.75. The van der Waals surface area contributed by atoms with Crippen LogP contribution < -0.4 is 0 Å². The number of fused-ring (bicyclic) bond motifs is 11. The number of para-hydroxylation sites is 1. The SMILES string of the molecule is c1ccc2c(c1)ccc1ncc3ccc(-c4nc(-c5ccc6c(c5)sc5ccccc56)nc(-c5cccc6oc7ccccc7c56)n4)cc3c12. The van der Waals surface area contributed by atoms with Crippen LogP contribution >= 0.6 is 11.3 Å². The highest BCUT2D eigenvalue weighted by Gasteiger charge is 2.19. The van der Waals surface area contributed by atoms with E-state index in [0.29, 0.717) is 17.5 Å². The molecule has 0 aliphatic carbocycles. The first kappa shape index (κ1) is 27.5. The summed E-state index contributed by atoms with van der Waals surface area (Å²) in [7, 11) is 0. The summed E-state index contributed by atoms with van der Waals surface area (Å²) in [5.41, 5.74) is 5.36. The largest absolute Gasteiger partial charge is 0.456 e. The van der Waals surface area contributed by atoms with Gasteiger partial charge in [0.25, 0.3) is 0 Å². The van der Waals surface area contributed by atoms with E-state index in [1.165, 1.54) is 30.9 Å². The number of rotatable bonds is 3. The van der Waals surface area contributed by atoms with Crippen LogP contribution in [0, 0.1) is 0 Å². The minimum atomic E-state index is 0.601. The van der Waals surface area contributed by atoms with E-state index in [-0.39, 0.29) is 0 Å². The summed E-state index contributed by atoms with van der Waals surface area (Å²) in [5, 5.41) is 10.2. The van der Waals surface area contributed by atoms with E-state index in [2.05, 4.69) is 109 Å². The van der Waals surface area contributed by atoms with Crippen LogP contribution in [0.3, 0.4) is 0 Å². The van der Waals surface area contributed by atoms with Crippen LogP contribution in [0.1, 0.15) is 0 Å². The van der Waals surface area contributed by atoms with Crippen LogP contribution in [0.2, 0.25) is 0 Å². The topological polar surface area (TPSA) is 64.7 Å². The van der Waals surface area contributed by atoms with E-state index in [9.17, 15) is 0 Å². The second kappa shape index (κ2) is 10.5. The molecule has 7 aromatic carbocycles. The summed E-state index contributed by atoms with van der Waals surface area (Å²) in [6.45, 7) is 0. The molecule has 0 saturated heterocycles. The summed E-state index contributed by atoms with van der Waals surface area (Å²) in [6, 6.07) is 48.4. The van der Waals surface area contributed by atoms with Gasteiger partial charge >= 0.3 is 0 Å². The Morgan fingerprint density at radius 3 is 2.06 bits per heavy atom. The molecule has 0 bridgehead atoms. The zero-order valence-corrected chi connectivity index (χ0v) is 27.3. The van der Waals surface area contributed by atoms with E-state index < -0.39 is 0 Å². The van der Waals surface area contributed by atoms with Crippen LogP contribution in [0.15, 0.2) is 150 Å². The Bertz CT molecular complexity index is 3170. The summed E-state index contributed by atoms with van der Waals surface area (Å²) in [6.07, 6.45) is 1.95. The first-order valence-electron chi connectivity index (χ1n) is 16.5. The van der Waals surface area contributed by atoms with E-state index in [0.717, 1.165) is 60.3 Å². The highest BCUT2D eigenvalue weighted by atomic mass is 32.1. The second-order valence-electron chi connectivity index (χ2n) is 12.6. The minimum absolute atomic E-state index is 0.601. The number of hydrogen-bond donors (Lipinski definition) is 0. The zero-order valence-electron chi connectivity index (χ0n) is 26.5. The Hall–Kier alpha value is -6.50. The Morgan fingerprint density at radius 1 is 0.440 bits per heavy atom. The molecule has 0 fully saturated rings. The molecular formula is C44H24N4OS. The van der Waals surface area contributed by atoms with Crippen LogP contribution in [0.5, 0.6) is 0 Å². The van der Waals surface area contributed by atoms with Crippen molar-refractivity contribution in [2.45, 2.75) is 0 Å². The van der Waals surface area contributed by atoms with Crippen molar-refractivity contribution in [3.8, 4) is 34.2 Å². The molecule has 0 radical (unpaired) electrons. The van der Waals surface area contributed by atoms with Crippen molar-refractivity contribution in [2.75, 3.05) is 0 Å². The van der Waals surface area contributed by atoms with Crippen molar-refractivity contribution in [3.63, 3.8) is 0 Å². The summed E-state index contributed by atoms with van der Waals surface area (Å²) in [4.78, 5) is 20.4. The molecule has 232 valence electrons. The van der Waals surface area contributed by atoms with Gasteiger partial charge in [0.2, 0.25) is 0 Å². The quantitative estimate of drug-likeness (QED) is 0.177. The Labute approximate surface area is 289 Å². The normalized spacial score (nSPS) is 12.0. The first-order valence-corrected chi connectivity index (χ1v) is 17.4. The van der Waals surface area contributed by atoms with Crippen LogP contribution in [-0.4, -0.2) is 19.9 Å². The molecular weight excluding hydrogens is 633 g/mol. The highest BCUT2D eigenvalue weighted by Crippen LogP contribution is 2.39. The van der Waals surface area contributed by atoms with Crippen molar-refractivity contribution in [3.05, 3.63) is 146 Å². The van der Waals surface area contributed by atoms with Crippen LogP contribution in [0.25, 0.3) is 109 Å². The van der Waals surface area contributed by atoms with Gasteiger partial charge in [0, 0.05) is 64.6 Å². The molecule has 0 aliphatic rings. The summed E-state index contributed by atoms with van der Waals surface area (Å²) in [5.74, 6) is 1.83. The molecule has 0 N–H and O–H groups in total. The Morgan fingerprint density at radius 2 is 1.14 bits per heavy atom. The molecule has 4 heterocycles. The molecule has 6 heteroatoms. The molecule has 5 nitrogen and oxygen atoms in total. The predicted octanol–water partition coefficient (Wildman–Crippen LogP) is 12.0. The van der Waals surface area contributed by atoms with Gasteiger partial charge in [0.05, 0.1) is 5.52 Å². The number of aromatic nitrogens is 4. The standard InChI is InChI=1S/C44H24N4OS/c1-2-9-29-25(8-1)19-21-35-40(29)34-22-26(16-17-28(34)24-45-35)42-46-43(27-18-20-31-30-10-4-6-15-38(30)50-39(31)23-27)48-44(47-42)33-12-7-14-37-41(33)32-11-3-5-13-36(32)49-37/h1-24H. The third kappa shape index (κ3) is 4.12. The maximum Gasteiger partial charge on any atom is 0.164 e. The molecule has 0 unspecified atom stereocenters. The van der Waals surface area contributed by atoms with Gasteiger partial charge in [-0.2, -0.15) is 0 Å². The number of benzene rings is 7. The molecule has 0 spiro atoms. The third-order valence-corrected chi connectivity index (χ3v) is 10.9. The van der Waals surface area contributed by atoms with Gasteiger partial charge < -0.3 is 4.42 Å². The fourth-order valence-corrected chi connectivity index (χ4v) is 8.54. The lowest BCUT2D eigenvalue weighted by Crippen LogP contribution is -2.00. The smallest absolute Gasteiger partial charge is 0.164 e. The number of pyridine rings is 1. The monoisotopic (exact) mass is 656 g/mol. The lowest BCUT2D eigenvalue weighted by atomic mass is 9.98. The average molecular weight is 657 g/mol. The minimum Gasteiger partial charge on any atom is -0.456 e. The highest BCUT2D eigenvalue weighted by molar-refractivity contribution is 7.25. The lowest BCUT2D eigenvalue weighted by molar-refractivity contribution is 0.669. The molecule has 11 aromatic rings. The van der Waals surface area contributed by atoms with Gasteiger partial charge in [-0.15, -0.1) is 11.3 Å². The molecule has 0 saturated carbocycles. The van der Waals surface area contributed by atoms with Gasteiger partial charge in [0.1, 0.15) is 11.2 Å². The van der Waals surface area contributed by atoms with Crippen molar-refractivity contribution < 1.29 is 4.42 Å². The van der Waals surface area contributed by atoms with E-state index in [1.807, 2.05) is 36.5 Å². The molecule has 0 aliphatic heterocycles. The van der Waals surface area contributed by atoms with E-state index in [1.54, 1.807) is 11.3 Å². The van der Waals surface area contributed by atoms with Crippen LogP contribution in [0.4, 0.5) is 0 Å². The Balaban J connectivity index is 1.19. The summed E-state index contributed by atoms with van der Waals surface area (Å²) < 4.78 is 8.73. The molecule has 50 heavy (non-hydrogen) atoms. The van der Waals surface area contributed by atoms with Crippen molar-refractivity contribution in [2.24, 2.45) is 0 Å². The lowest BCUT2D eigenvalue weighted by Gasteiger charge is -2.11. The number of hydrogen-bond acceptors (Lipinski definition) is 6. The van der Waals surface area contributed by atoms with Crippen molar-refractivity contribution >= 4 is 85.9 Å². The van der Waals surface area contributed by atoms with Crippen molar-refractivity contribution in [1.82, 2.24) is 19.9 Å². The zero-order chi connectivity index (χ0) is 32.8. The fourth-order valence-electron chi connectivity index (χ4n) is 7.39. The van der Waals surface area contributed by atoms with Crippen molar-refractivity contribution in [1.29, 1.82) is 0 Å². The summed E-state index contributed by atoms with van der Waals surface area (Å²) >= 11 is 1.79. The molecule has 0 atom stereocenters. The van der Waals surface area contributed by atoms with Gasteiger partial charge in [-0.3, -0.25) is 4.98 Å². The van der Waals surface area contributed by atoms with Gasteiger partial charge in [-0.25, -0.2) is 15.0 Å². The molecule has 4 aromatic heterocycles. The molecule has 11 rings (SSSR count). The van der Waals surface area contributed by atoms with Gasteiger partial charge in [0.15, 0.2) is 17.5 Å². The maximum absolute atomic E-state index is 6.27. The predicted molar refractivity (Wildman–Crippen MR) is 207 cm³/mol. The average Bonchev–Trinajstić information content (AvgIpc) is 3.75. The van der Waals surface area contributed by atoms with E-state index >= 15 is 0 Å². The van der Waals surface area contributed by atoms with Crippen LogP contribution in [-0.2, 0) is 0 Å². The maximum atomic E-state index is 6.27. The van der Waals surface area contributed by atoms with Gasteiger partial charge in [-0.1, -0.05) is 103 Å². The first-order chi connectivity index (χ1) is 24.7. The van der Waals surface area contributed by atoms with E-state index in [4.69, 9.17) is 24.4 Å². The Kier molecular flexibility index (Phi) is 5.76. The number of furan rings is 1. The number of thiophene rings is 1. The molecule has 0 amide bonds. The van der Waals surface area contributed by atoms with Gasteiger partial charge in [-0.05, 0) is 52.6 Å².